The second kappa shape index (κ2) is 13.2. The maximum absolute atomic E-state index is 5.34. The third-order valence-corrected chi connectivity index (χ3v) is 12.7. The molecule has 0 N–H and O–H groups in total. The van der Waals surface area contributed by atoms with E-state index in [1.165, 1.54) is 60.6 Å². The molecule has 1 fully saturated rings. The van der Waals surface area contributed by atoms with Crippen molar-refractivity contribution < 1.29 is 0 Å². The maximum atomic E-state index is 5.34. The summed E-state index contributed by atoms with van der Waals surface area (Å²) in [7, 11) is 0. The molecule has 3 heterocycles. The number of pyridine rings is 1. The van der Waals surface area contributed by atoms with Gasteiger partial charge in [-0.05, 0) is 92.7 Å². The van der Waals surface area contributed by atoms with Gasteiger partial charge in [-0.15, -0.1) is 0 Å². The zero-order chi connectivity index (χ0) is 38.2. The number of aromatic nitrogens is 2. The van der Waals surface area contributed by atoms with Gasteiger partial charge < -0.3 is 4.90 Å². The smallest absolute Gasteiger partial charge is 0.138 e. The van der Waals surface area contributed by atoms with Crippen molar-refractivity contribution in [3.8, 4) is 28.1 Å². The lowest BCUT2D eigenvalue weighted by Crippen LogP contribution is -2.36. The fourth-order valence-corrected chi connectivity index (χ4v) is 10.0. The third kappa shape index (κ3) is 5.24. The van der Waals surface area contributed by atoms with Crippen molar-refractivity contribution in [2.45, 2.75) is 12.1 Å². The lowest BCUT2D eigenvalue weighted by Gasteiger charge is -2.32. The molecule has 0 bridgehead atoms. The second-order valence-corrected chi connectivity index (χ2v) is 15.9. The first-order valence-electron chi connectivity index (χ1n) is 20.4. The summed E-state index contributed by atoms with van der Waals surface area (Å²) in [6.45, 7) is 0. The predicted molar refractivity (Wildman–Crippen MR) is 243 cm³/mol. The summed E-state index contributed by atoms with van der Waals surface area (Å²) in [4.78, 5) is 7.97. The molecule has 12 rings (SSSR count). The molecule has 7 aromatic carbocycles. The van der Waals surface area contributed by atoms with E-state index in [4.69, 9.17) is 4.98 Å². The van der Waals surface area contributed by atoms with E-state index in [2.05, 4.69) is 222 Å². The quantitative estimate of drug-likeness (QED) is 0.175. The molecule has 0 amide bonds. The monoisotopic (exact) mass is 741 g/mol. The van der Waals surface area contributed by atoms with Crippen LogP contribution in [0.5, 0.6) is 0 Å². The van der Waals surface area contributed by atoms with Crippen molar-refractivity contribution in [3.63, 3.8) is 0 Å². The largest absolute Gasteiger partial charge is 0.357 e. The van der Waals surface area contributed by atoms with Gasteiger partial charge in [0.2, 0.25) is 0 Å². The Bertz CT molecular complexity index is 3200. The SMILES string of the molecule is C1=CC2C3C=CC(c4ccc5c(c4)c4ccccc4n5-c4cc(-c5ccc(-c6ccc7ccccc7c6)cc5)c5ccccc5n4)=CC3N(c3ccccc3)C2C=C1. The molecule has 274 valence electrons. The standard InChI is InChI=1S/C55H39N3/c1-2-14-43(15-3-1)57-51-20-10-7-17-45(51)47-30-28-42(34-54(47)57)41-29-31-53-49(33-41)46-18-8-11-21-52(46)58(53)55-35-48(44-16-6-9-19-50(44)56-55)38-25-22-37(23-26-38)40-27-24-36-12-4-5-13-39(36)32-40/h1-35,45,47,51,54H. The lowest BCUT2D eigenvalue weighted by atomic mass is 9.81. The molecule has 0 radical (unpaired) electrons. The summed E-state index contributed by atoms with van der Waals surface area (Å²) in [5, 5.41) is 6.11. The van der Waals surface area contributed by atoms with Gasteiger partial charge in [-0.1, -0.05) is 164 Å². The zero-order valence-electron chi connectivity index (χ0n) is 31.9. The third-order valence-electron chi connectivity index (χ3n) is 12.7. The van der Waals surface area contributed by atoms with Crippen molar-refractivity contribution in [2.24, 2.45) is 11.8 Å². The Morgan fingerprint density at radius 3 is 2.03 bits per heavy atom. The van der Waals surface area contributed by atoms with Crippen LogP contribution >= 0.6 is 0 Å². The molecule has 9 aromatic rings. The minimum Gasteiger partial charge on any atom is -0.357 e. The highest BCUT2D eigenvalue weighted by Gasteiger charge is 2.46. The van der Waals surface area contributed by atoms with E-state index in [9.17, 15) is 0 Å². The fourth-order valence-electron chi connectivity index (χ4n) is 10.0. The summed E-state index contributed by atoms with van der Waals surface area (Å²) in [5.74, 6) is 1.79. The first kappa shape index (κ1) is 33.0. The molecule has 4 unspecified atom stereocenters. The number of fused-ring (bicyclic) bond motifs is 8. The van der Waals surface area contributed by atoms with E-state index in [-0.39, 0.29) is 6.04 Å². The Morgan fingerprint density at radius 1 is 0.448 bits per heavy atom. The van der Waals surface area contributed by atoms with Gasteiger partial charge in [0, 0.05) is 33.7 Å². The number of nitrogens with zero attached hydrogens (tertiary/aromatic N) is 3. The first-order valence-corrected chi connectivity index (χ1v) is 20.4. The number of benzene rings is 7. The number of anilines is 1. The normalized spacial score (nSPS) is 19.6. The van der Waals surface area contributed by atoms with Gasteiger partial charge in [0.25, 0.3) is 0 Å². The van der Waals surface area contributed by atoms with E-state index in [1.54, 1.807) is 0 Å². The Labute approximate surface area is 337 Å². The maximum Gasteiger partial charge on any atom is 0.138 e. The molecular weight excluding hydrogens is 703 g/mol. The van der Waals surface area contributed by atoms with Crippen molar-refractivity contribution in [1.29, 1.82) is 0 Å². The van der Waals surface area contributed by atoms with Crippen LogP contribution in [-0.4, -0.2) is 21.6 Å². The molecule has 2 aromatic heterocycles. The fraction of sp³-hybridized carbons (Fsp3) is 0.0727. The van der Waals surface area contributed by atoms with Crippen molar-refractivity contribution in [3.05, 3.63) is 218 Å². The number of hydrogen-bond acceptors (Lipinski definition) is 2. The number of para-hydroxylation sites is 3. The summed E-state index contributed by atoms with van der Waals surface area (Å²) in [6.07, 6.45) is 16.6. The van der Waals surface area contributed by atoms with Crippen molar-refractivity contribution >= 4 is 54.7 Å². The number of allylic oxidation sites excluding steroid dienone is 4. The Hall–Kier alpha value is -7.23. The molecule has 1 saturated heterocycles. The molecule has 4 atom stereocenters. The van der Waals surface area contributed by atoms with Crippen LogP contribution < -0.4 is 4.90 Å². The molecule has 3 nitrogen and oxygen atoms in total. The van der Waals surface area contributed by atoms with Crippen LogP contribution in [0.4, 0.5) is 5.69 Å². The summed E-state index contributed by atoms with van der Waals surface area (Å²) >= 11 is 0. The predicted octanol–water partition coefficient (Wildman–Crippen LogP) is 13.4. The minimum atomic E-state index is 0.267. The van der Waals surface area contributed by atoms with E-state index in [1.807, 2.05) is 0 Å². The Balaban J connectivity index is 0.960. The van der Waals surface area contributed by atoms with Gasteiger partial charge in [0.05, 0.1) is 28.6 Å². The van der Waals surface area contributed by atoms with Crippen LogP contribution in [-0.2, 0) is 0 Å². The zero-order valence-corrected chi connectivity index (χ0v) is 31.9. The van der Waals surface area contributed by atoms with Gasteiger partial charge in [-0.25, -0.2) is 4.98 Å². The van der Waals surface area contributed by atoms with E-state index in [0.717, 1.165) is 27.8 Å². The van der Waals surface area contributed by atoms with E-state index in [0.29, 0.717) is 17.9 Å². The van der Waals surface area contributed by atoms with Crippen LogP contribution in [0.2, 0.25) is 0 Å². The van der Waals surface area contributed by atoms with Crippen LogP contribution in [0, 0.1) is 11.8 Å². The number of hydrogen-bond donors (Lipinski definition) is 0. The lowest BCUT2D eigenvalue weighted by molar-refractivity contribution is 0.528. The number of rotatable bonds is 5. The topological polar surface area (TPSA) is 21.1 Å². The Morgan fingerprint density at radius 2 is 1.14 bits per heavy atom. The van der Waals surface area contributed by atoms with Crippen LogP contribution in [0.1, 0.15) is 5.56 Å². The van der Waals surface area contributed by atoms with Crippen LogP contribution in [0.25, 0.3) is 77.1 Å². The average molecular weight is 742 g/mol. The van der Waals surface area contributed by atoms with Crippen molar-refractivity contribution in [1.82, 2.24) is 9.55 Å². The molecule has 3 heteroatoms. The van der Waals surface area contributed by atoms with Gasteiger partial charge >= 0.3 is 0 Å². The highest BCUT2D eigenvalue weighted by Crippen LogP contribution is 2.46. The van der Waals surface area contributed by atoms with Gasteiger partial charge in [0.1, 0.15) is 5.82 Å². The second-order valence-electron chi connectivity index (χ2n) is 15.9. The van der Waals surface area contributed by atoms with E-state index >= 15 is 0 Å². The highest BCUT2D eigenvalue weighted by molar-refractivity contribution is 6.10. The average Bonchev–Trinajstić information content (AvgIpc) is 3.81. The summed E-state index contributed by atoms with van der Waals surface area (Å²) in [6, 6.07) is 62.4. The molecule has 3 aliphatic rings. The van der Waals surface area contributed by atoms with Crippen LogP contribution in [0.15, 0.2) is 212 Å². The van der Waals surface area contributed by atoms with Gasteiger partial charge in [-0.2, -0.15) is 0 Å². The molecule has 2 aliphatic carbocycles. The Kier molecular flexibility index (Phi) is 7.49. The summed E-state index contributed by atoms with van der Waals surface area (Å²) in [5.41, 5.74) is 11.8. The summed E-state index contributed by atoms with van der Waals surface area (Å²) < 4.78 is 2.35. The molecular formula is C55H39N3. The highest BCUT2D eigenvalue weighted by atomic mass is 15.2. The molecule has 0 spiro atoms. The first-order chi connectivity index (χ1) is 28.7. The molecule has 58 heavy (non-hydrogen) atoms. The van der Waals surface area contributed by atoms with Gasteiger partial charge in [0.15, 0.2) is 0 Å². The molecule has 1 aliphatic heterocycles. The van der Waals surface area contributed by atoms with Crippen molar-refractivity contribution in [2.75, 3.05) is 4.90 Å². The van der Waals surface area contributed by atoms with E-state index < -0.39 is 0 Å². The molecule has 0 saturated carbocycles. The van der Waals surface area contributed by atoms with Crippen LogP contribution in [0.3, 0.4) is 0 Å². The minimum absolute atomic E-state index is 0.267. The van der Waals surface area contributed by atoms with Gasteiger partial charge in [-0.3, -0.25) is 4.57 Å².